The number of rotatable bonds is 9. The largest absolute Gasteiger partial charge is 0.376 e. The number of nitrogens with zero attached hydrogens (tertiary/aromatic N) is 2. The van der Waals surface area contributed by atoms with Gasteiger partial charge in [0, 0.05) is 31.0 Å². The van der Waals surface area contributed by atoms with E-state index in [1.807, 2.05) is 18.2 Å². The Balaban J connectivity index is 1.49. The molecule has 6 nitrogen and oxygen atoms in total. The van der Waals surface area contributed by atoms with Crippen LogP contribution in [0.2, 0.25) is 0 Å². The average molecular weight is 441 g/mol. The van der Waals surface area contributed by atoms with Gasteiger partial charge >= 0.3 is 0 Å². The van der Waals surface area contributed by atoms with Crippen molar-refractivity contribution in [3.63, 3.8) is 0 Å². The van der Waals surface area contributed by atoms with Gasteiger partial charge in [-0.3, -0.25) is 14.5 Å². The second-order valence-electron chi connectivity index (χ2n) is 8.52. The second kappa shape index (κ2) is 11.6. The molecule has 7 heteroatoms. The number of likely N-dealkylation sites (N-methyl/N-ethyl adjacent to an activating group) is 1. The van der Waals surface area contributed by atoms with E-state index in [0.717, 1.165) is 17.8 Å². The zero-order valence-corrected chi connectivity index (χ0v) is 18.9. The highest BCUT2D eigenvalue weighted by Gasteiger charge is 2.19. The summed E-state index contributed by atoms with van der Waals surface area (Å²) in [5, 5.41) is 5.91. The van der Waals surface area contributed by atoms with E-state index >= 15 is 0 Å². The van der Waals surface area contributed by atoms with Crippen LogP contribution in [-0.4, -0.2) is 54.8 Å². The first-order valence-electron chi connectivity index (χ1n) is 11.2. The van der Waals surface area contributed by atoms with Crippen LogP contribution >= 0.6 is 0 Å². The topological polar surface area (TPSA) is 64.7 Å². The predicted octanol–water partition coefficient (Wildman–Crippen LogP) is 4.10. The molecule has 32 heavy (non-hydrogen) atoms. The molecule has 0 saturated heterocycles. The van der Waals surface area contributed by atoms with Gasteiger partial charge in [-0.15, -0.1) is 0 Å². The number of nitrogens with one attached hydrogen (secondary N) is 2. The molecule has 0 spiro atoms. The minimum Gasteiger partial charge on any atom is -0.376 e. The first kappa shape index (κ1) is 23.7. The normalized spacial score (nSPS) is 14.2. The minimum absolute atomic E-state index is 0.0794. The molecular weight excluding hydrogens is 407 g/mol. The quantitative estimate of drug-likeness (QED) is 0.616. The molecule has 0 aliphatic heterocycles. The molecule has 0 bridgehead atoms. The Bertz CT molecular complexity index is 897. The third-order valence-electron chi connectivity index (χ3n) is 6.00. The van der Waals surface area contributed by atoms with Gasteiger partial charge in [0.15, 0.2) is 0 Å². The molecule has 1 fully saturated rings. The molecule has 3 rings (SSSR count). The predicted molar refractivity (Wildman–Crippen MR) is 126 cm³/mol. The highest BCUT2D eigenvalue weighted by Crippen LogP contribution is 2.24. The van der Waals surface area contributed by atoms with E-state index in [4.69, 9.17) is 0 Å². The van der Waals surface area contributed by atoms with E-state index in [9.17, 15) is 14.0 Å². The SMILES string of the molecule is CN(CC(=O)Nc1ccc(F)cc1)C(=O)CNc1ccccc1CN(C)C1CCCCC1. The average Bonchev–Trinajstić information content (AvgIpc) is 2.80. The fraction of sp³-hybridized carbons (Fsp3) is 0.440. The number of halogens is 1. The summed E-state index contributed by atoms with van der Waals surface area (Å²) in [6, 6.07) is 14.2. The Labute approximate surface area is 189 Å². The number of carbonyl (C=O) groups is 2. The number of benzene rings is 2. The Morgan fingerprint density at radius 1 is 1.00 bits per heavy atom. The van der Waals surface area contributed by atoms with Crippen LogP contribution in [0.25, 0.3) is 0 Å². The van der Waals surface area contributed by atoms with Crippen molar-refractivity contribution in [3.05, 3.63) is 59.9 Å². The van der Waals surface area contributed by atoms with Gasteiger partial charge in [-0.05, 0) is 55.8 Å². The third kappa shape index (κ3) is 7.05. The van der Waals surface area contributed by atoms with Crippen molar-refractivity contribution in [2.45, 2.75) is 44.7 Å². The maximum absolute atomic E-state index is 13.0. The molecule has 2 aromatic rings. The molecule has 1 aliphatic rings. The van der Waals surface area contributed by atoms with Gasteiger partial charge in [0.1, 0.15) is 5.82 Å². The van der Waals surface area contributed by atoms with Crippen molar-refractivity contribution in [1.82, 2.24) is 9.80 Å². The summed E-state index contributed by atoms with van der Waals surface area (Å²) in [5.41, 5.74) is 2.59. The Kier molecular flexibility index (Phi) is 8.62. The third-order valence-corrected chi connectivity index (χ3v) is 6.00. The van der Waals surface area contributed by atoms with Crippen molar-refractivity contribution in [2.24, 2.45) is 0 Å². The molecule has 2 N–H and O–H groups in total. The van der Waals surface area contributed by atoms with Crippen molar-refractivity contribution < 1.29 is 14.0 Å². The van der Waals surface area contributed by atoms with Crippen LogP contribution in [0.5, 0.6) is 0 Å². The number of hydrogen-bond donors (Lipinski definition) is 2. The van der Waals surface area contributed by atoms with Crippen LogP contribution in [0.4, 0.5) is 15.8 Å². The fourth-order valence-electron chi connectivity index (χ4n) is 4.09. The molecule has 0 atom stereocenters. The van der Waals surface area contributed by atoms with E-state index in [1.165, 1.54) is 61.3 Å². The number of carbonyl (C=O) groups excluding carboxylic acids is 2. The van der Waals surface area contributed by atoms with E-state index in [0.29, 0.717) is 11.7 Å². The molecular formula is C25H33FN4O2. The lowest BCUT2D eigenvalue weighted by Gasteiger charge is -2.31. The zero-order valence-electron chi connectivity index (χ0n) is 18.9. The molecule has 0 aromatic heterocycles. The Hall–Kier alpha value is -2.93. The summed E-state index contributed by atoms with van der Waals surface area (Å²) in [6.07, 6.45) is 6.42. The fourth-order valence-corrected chi connectivity index (χ4v) is 4.09. The van der Waals surface area contributed by atoms with Crippen molar-refractivity contribution in [3.8, 4) is 0 Å². The summed E-state index contributed by atoms with van der Waals surface area (Å²) >= 11 is 0. The molecule has 0 unspecified atom stereocenters. The van der Waals surface area contributed by atoms with E-state index < -0.39 is 0 Å². The maximum Gasteiger partial charge on any atom is 0.243 e. The van der Waals surface area contributed by atoms with Crippen LogP contribution in [0, 0.1) is 5.82 Å². The smallest absolute Gasteiger partial charge is 0.243 e. The molecule has 1 aliphatic carbocycles. The molecule has 0 heterocycles. The highest BCUT2D eigenvalue weighted by atomic mass is 19.1. The Morgan fingerprint density at radius 3 is 2.41 bits per heavy atom. The van der Waals surface area contributed by atoms with Gasteiger partial charge in [-0.2, -0.15) is 0 Å². The van der Waals surface area contributed by atoms with Crippen molar-refractivity contribution in [1.29, 1.82) is 0 Å². The van der Waals surface area contributed by atoms with E-state index in [1.54, 1.807) is 7.05 Å². The number of amides is 2. The standard InChI is InChI=1S/C25H33FN4O2/c1-29(22-9-4-3-5-10-22)17-19-8-6-7-11-23(19)27-16-25(32)30(2)18-24(31)28-21-14-12-20(26)13-15-21/h6-8,11-15,22,27H,3-5,9-10,16-18H2,1-2H3,(H,28,31). The molecule has 1 saturated carbocycles. The second-order valence-corrected chi connectivity index (χ2v) is 8.52. The van der Waals surface area contributed by atoms with Gasteiger partial charge < -0.3 is 15.5 Å². The summed E-state index contributed by atoms with van der Waals surface area (Å²) in [7, 11) is 3.77. The van der Waals surface area contributed by atoms with Crippen LogP contribution in [-0.2, 0) is 16.1 Å². The molecule has 0 radical (unpaired) electrons. The number of hydrogen-bond acceptors (Lipinski definition) is 4. The van der Waals surface area contributed by atoms with Gasteiger partial charge in [0.2, 0.25) is 11.8 Å². The van der Waals surface area contributed by atoms with Crippen molar-refractivity contribution in [2.75, 3.05) is 37.8 Å². The molecule has 172 valence electrons. The van der Waals surface area contributed by atoms with Gasteiger partial charge in [-0.1, -0.05) is 37.5 Å². The van der Waals surface area contributed by atoms with Gasteiger partial charge in [0.25, 0.3) is 0 Å². The summed E-state index contributed by atoms with van der Waals surface area (Å²) in [6.45, 7) is 0.854. The summed E-state index contributed by atoms with van der Waals surface area (Å²) in [4.78, 5) is 28.5. The summed E-state index contributed by atoms with van der Waals surface area (Å²) < 4.78 is 13.0. The first-order chi connectivity index (χ1) is 15.4. The molecule has 2 aromatic carbocycles. The number of para-hydroxylation sites is 1. The zero-order chi connectivity index (χ0) is 22.9. The lowest BCUT2D eigenvalue weighted by Crippen LogP contribution is -2.38. The molecule has 2 amide bonds. The van der Waals surface area contributed by atoms with Gasteiger partial charge in [0.05, 0.1) is 13.1 Å². The minimum atomic E-state index is -0.369. The first-order valence-corrected chi connectivity index (χ1v) is 11.2. The van der Waals surface area contributed by atoms with Crippen LogP contribution < -0.4 is 10.6 Å². The van der Waals surface area contributed by atoms with Crippen LogP contribution in [0.1, 0.15) is 37.7 Å². The van der Waals surface area contributed by atoms with Crippen molar-refractivity contribution >= 4 is 23.2 Å². The highest BCUT2D eigenvalue weighted by molar-refractivity contribution is 5.95. The monoisotopic (exact) mass is 440 g/mol. The van der Waals surface area contributed by atoms with E-state index in [2.05, 4.69) is 28.6 Å². The lowest BCUT2D eigenvalue weighted by molar-refractivity contribution is -0.131. The van der Waals surface area contributed by atoms with Crippen LogP contribution in [0.15, 0.2) is 48.5 Å². The van der Waals surface area contributed by atoms with E-state index in [-0.39, 0.29) is 30.7 Å². The van der Waals surface area contributed by atoms with Crippen LogP contribution in [0.3, 0.4) is 0 Å². The summed E-state index contributed by atoms with van der Waals surface area (Å²) in [5.74, 6) is -0.886. The maximum atomic E-state index is 13.0. The lowest BCUT2D eigenvalue weighted by atomic mass is 9.94. The number of anilines is 2. The van der Waals surface area contributed by atoms with Gasteiger partial charge in [-0.25, -0.2) is 4.39 Å². The Morgan fingerprint density at radius 2 is 1.69 bits per heavy atom.